The lowest BCUT2D eigenvalue weighted by atomic mass is 9.82. The van der Waals surface area contributed by atoms with Gasteiger partial charge in [0.2, 0.25) is 17.7 Å². The second-order valence-corrected chi connectivity index (χ2v) is 18.2. The van der Waals surface area contributed by atoms with E-state index in [-0.39, 0.29) is 43.0 Å². The van der Waals surface area contributed by atoms with Crippen LogP contribution in [0.15, 0.2) is 12.2 Å². The van der Waals surface area contributed by atoms with Crippen molar-refractivity contribution in [2.24, 2.45) is 11.7 Å². The second-order valence-electron chi connectivity index (χ2n) is 12.6. The molecule has 1 aliphatic rings. The normalized spacial score (nSPS) is 16.2. The van der Waals surface area contributed by atoms with Gasteiger partial charge in [-0.2, -0.15) is 0 Å². The van der Waals surface area contributed by atoms with Crippen molar-refractivity contribution in [2.45, 2.75) is 115 Å². The molecule has 238 valence electrons. The number of carboxylic acid groups (broad SMARTS) is 1. The maximum absolute atomic E-state index is 13.8. The molecule has 42 heavy (non-hydrogen) atoms. The van der Waals surface area contributed by atoms with Gasteiger partial charge >= 0.3 is 5.97 Å². The minimum absolute atomic E-state index is 0.161. The second kappa shape index (κ2) is 17.1. The Labute approximate surface area is 250 Å². The maximum atomic E-state index is 13.8. The van der Waals surface area contributed by atoms with E-state index in [0.717, 1.165) is 6.04 Å². The number of carbonyl (C=O) groups excluding carboxylic acids is 5. The summed E-state index contributed by atoms with van der Waals surface area (Å²) in [6.07, 6.45) is 6.14. The quantitative estimate of drug-likeness (QED) is 0.0786. The highest BCUT2D eigenvalue weighted by atomic mass is 28.3. The minimum atomic E-state index is -1.63. The van der Waals surface area contributed by atoms with Crippen molar-refractivity contribution in [3.63, 3.8) is 0 Å². The van der Waals surface area contributed by atoms with E-state index in [0.29, 0.717) is 45.1 Å². The molecule has 0 aliphatic carbocycles. The summed E-state index contributed by atoms with van der Waals surface area (Å²) in [6.45, 7) is 12.4. The standard InChI is InChI=1S/C29H51N5O7Si/c1-20(2)29(16-19-42(4,5)6,33-23(35)13-8-7-11-18-34-24(36)14-15-25(34)37)28(41)31-21(3)26(38)32-22(27(39)40)12-9-10-17-30/h14-15,20-22H,7-13,16-19,30H2,1-6H3,(H,31,41)(H,32,38)(H,33,35)(H,39,40)/t21-,22-,29-/m0/s1. The molecule has 0 bridgehead atoms. The summed E-state index contributed by atoms with van der Waals surface area (Å²) in [5.74, 6) is -3.53. The molecule has 1 heterocycles. The number of aliphatic carboxylic acids is 1. The fraction of sp³-hybridized carbons (Fsp3) is 0.724. The minimum Gasteiger partial charge on any atom is -0.480 e. The molecular formula is C29H51N5O7Si. The van der Waals surface area contributed by atoms with Gasteiger partial charge in [0.15, 0.2) is 0 Å². The van der Waals surface area contributed by atoms with Crippen LogP contribution in [-0.2, 0) is 28.8 Å². The van der Waals surface area contributed by atoms with Crippen molar-refractivity contribution in [3.05, 3.63) is 12.2 Å². The van der Waals surface area contributed by atoms with Crippen molar-refractivity contribution >= 4 is 43.6 Å². The Morgan fingerprint density at radius 1 is 0.952 bits per heavy atom. The fourth-order valence-corrected chi connectivity index (χ4v) is 5.78. The molecular weight excluding hydrogens is 558 g/mol. The summed E-state index contributed by atoms with van der Waals surface area (Å²) in [5, 5.41) is 17.7. The van der Waals surface area contributed by atoms with E-state index >= 15 is 0 Å². The van der Waals surface area contributed by atoms with Crippen molar-refractivity contribution in [1.29, 1.82) is 0 Å². The molecule has 1 aliphatic heterocycles. The molecule has 6 N–H and O–H groups in total. The number of amides is 5. The number of unbranched alkanes of at least 4 members (excludes halogenated alkanes) is 3. The number of carbonyl (C=O) groups is 6. The summed E-state index contributed by atoms with van der Waals surface area (Å²) >= 11 is 0. The Bertz CT molecular complexity index is 993. The van der Waals surface area contributed by atoms with Gasteiger partial charge < -0.3 is 26.8 Å². The zero-order valence-electron chi connectivity index (χ0n) is 26.1. The van der Waals surface area contributed by atoms with Crippen molar-refractivity contribution in [1.82, 2.24) is 20.9 Å². The van der Waals surface area contributed by atoms with Crippen LogP contribution in [0, 0.1) is 5.92 Å². The monoisotopic (exact) mass is 609 g/mol. The SMILES string of the molecule is CC(C)[C@](CC[Si](C)(C)C)(NC(=O)CCCCCN1C(=O)C=CC1=O)C(=O)N[C@@H](C)C(=O)N[C@@H](CCCCN)C(=O)O. The van der Waals surface area contributed by atoms with Crippen LogP contribution in [-0.4, -0.2) is 84.3 Å². The zero-order chi connectivity index (χ0) is 32.1. The molecule has 0 unspecified atom stereocenters. The highest BCUT2D eigenvalue weighted by Gasteiger charge is 2.44. The molecule has 0 saturated carbocycles. The first kappa shape index (κ1) is 37.0. The van der Waals surface area contributed by atoms with Crippen LogP contribution in [0.5, 0.6) is 0 Å². The number of hydrogen-bond acceptors (Lipinski definition) is 7. The van der Waals surface area contributed by atoms with E-state index < -0.39 is 43.5 Å². The smallest absolute Gasteiger partial charge is 0.326 e. The van der Waals surface area contributed by atoms with Gasteiger partial charge in [-0.15, -0.1) is 0 Å². The van der Waals surface area contributed by atoms with E-state index in [2.05, 4.69) is 35.6 Å². The largest absolute Gasteiger partial charge is 0.480 e. The molecule has 3 atom stereocenters. The fourth-order valence-electron chi connectivity index (χ4n) is 4.63. The van der Waals surface area contributed by atoms with E-state index in [4.69, 9.17) is 5.73 Å². The molecule has 0 fully saturated rings. The van der Waals surface area contributed by atoms with E-state index in [9.17, 15) is 33.9 Å². The van der Waals surface area contributed by atoms with Crippen molar-refractivity contribution < 1.29 is 33.9 Å². The van der Waals surface area contributed by atoms with Crippen LogP contribution in [0.1, 0.15) is 72.1 Å². The first-order chi connectivity index (χ1) is 19.5. The summed E-state index contributed by atoms with van der Waals surface area (Å²) in [5.41, 5.74) is 4.22. The van der Waals surface area contributed by atoms with Crippen LogP contribution in [0.3, 0.4) is 0 Å². The lowest BCUT2D eigenvalue weighted by Crippen LogP contribution is -2.64. The van der Waals surface area contributed by atoms with Crippen LogP contribution < -0.4 is 21.7 Å². The Hall–Kier alpha value is -3.06. The van der Waals surface area contributed by atoms with Gasteiger partial charge in [-0.05, 0) is 57.9 Å². The molecule has 5 amide bonds. The average molecular weight is 610 g/mol. The number of carboxylic acids is 1. The van der Waals surface area contributed by atoms with Crippen LogP contribution in [0.2, 0.25) is 25.7 Å². The molecule has 0 aromatic heterocycles. The third-order valence-corrected chi connectivity index (χ3v) is 9.26. The number of nitrogens with two attached hydrogens (primary N) is 1. The van der Waals surface area contributed by atoms with Crippen LogP contribution >= 0.6 is 0 Å². The van der Waals surface area contributed by atoms with Gasteiger partial charge in [-0.25, -0.2) is 4.79 Å². The summed E-state index contributed by atoms with van der Waals surface area (Å²) < 4.78 is 0. The first-order valence-corrected chi connectivity index (χ1v) is 18.6. The van der Waals surface area contributed by atoms with Gasteiger partial charge in [0.25, 0.3) is 11.8 Å². The molecule has 1 rings (SSSR count). The summed E-state index contributed by atoms with van der Waals surface area (Å²) in [6, 6.07) is -1.36. The molecule has 0 aromatic carbocycles. The van der Waals surface area contributed by atoms with Gasteiger partial charge in [-0.1, -0.05) is 46.0 Å². The van der Waals surface area contributed by atoms with Gasteiger partial charge in [-0.3, -0.25) is 28.9 Å². The van der Waals surface area contributed by atoms with Gasteiger partial charge in [0.05, 0.1) is 0 Å². The van der Waals surface area contributed by atoms with E-state index in [1.165, 1.54) is 24.0 Å². The van der Waals surface area contributed by atoms with E-state index in [1.54, 1.807) is 0 Å². The third kappa shape index (κ3) is 12.0. The number of nitrogens with one attached hydrogen (secondary N) is 3. The Kier molecular flexibility index (Phi) is 15.1. The number of nitrogens with zero attached hydrogens (tertiary/aromatic N) is 1. The lowest BCUT2D eigenvalue weighted by molar-refractivity contribution is -0.143. The Balaban J connectivity index is 2.89. The highest BCUT2D eigenvalue weighted by molar-refractivity contribution is 6.76. The molecule has 12 nitrogen and oxygen atoms in total. The van der Waals surface area contributed by atoms with Gasteiger partial charge in [0.1, 0.15) is 17.6 Å². The molecule has 0 spiro atoms. The van der Waals surface area contributed by atoms with Crippen molar-refractivity contribution in [3.8, 4) is 0 Å². The molecule has 13 heteroatoms. The Morgan fingerprint density at radius 2 is 1.57 bits per heavy atom. The maximum Gasteiger partial charge on any atom is 0.326 e. The zero-order valence-corrected chi connectivity index (χ0v) is 27.1. The first-order valence-electron chi connectivity index (χ1n) is 14.9. The number of imide groups is 1. The van der Waals surface area contributed by atoms with Crippen LogP contribution in [0.4, 0.5) is 0 Å². The predicted molar refractivity (Wildman–Crippen MR) is 163 cm³/mol. The van der Waals surface area contributed by atoms with E-state index in [1.807, 2.05) is 13.8 Å². The highest BCUT2D eigenvalue weighted by Crippen LogP contribution is 2.28. The topological polar surface area (TPSA) is 188 Å². The Morgan fingerprint density at radius 3 is 2.10 bits per heavy atom. The molecule has 0 saturated heterocycles. The number of rotatable bonds is 20. The average Bonchev–Trinajstić information content (AvgIpc) is 3.21. The van der Waals surface area contributed by atoms with Crippen LogP contribution in [0.25, 0.3) is 0 Å². The predicted octanol–water partition coefficient (Wildman–Crippen LogP) is 1.91. The summed E-state index contributed by atoms with van der Waals surface area (Å²) in [4.78, 5) is 76.0. The number of hydrogen-bond donors (Lipinski definition) is 5. The summed E-state index contributed by atoms with van der Waals surface area (Å²) in [7, 11) is -1.63. The molecule has 0 radical (unpaired) electrons. The lowest BCUT2D eigenvalue weighted by Gasteiger charge is -2.39. The molecule has 0 aromatic rings. The third-order valence-electron chi connectivity index (χ3n) is 7.51. The van der Waals surface area contributed by atoms with Crippen molar-refractivity contribution in [2.75, 3.05) is 13.1 Å². The van der Waals surface area contributed by atoms with Gasteiger partial charge in [0, 0.05) is 33.2 Å².